The van der Waals surface area contributed by atoms with Crippen LogP contribution < -0.4 is 11.1 Å². The van der Waals surface area contributed by atoms with Crippen molar-refractivity contribution in [1.29, 1.82) is 0 Å². The van der Waals surface area contributed by atoms with Crippen molar-refractivity contribution in [3.05, 3.63) is 76.1 Å². The number of carbonyl (C=O) groups is 2. The molecule has 1 amide bonds. The van der Waals surface area contributed by atoms with Crippen LogP contribution in [0.1, 0.15) is 17.3 Å². The molecule has 0 aliphatic rings. The second-order valence-corrected chi connectivity index (χ2v) is 7.29. The maximum absolute atomic E-state index is 12.7. The number of nitrogens with zero attached hydrogens (tertiary/aromatic N) is 1. The van der Waals surface area contributed by atoms with Crippen LogP contribution in [-0.4, -0.2) is 23.1 Å². The molecule has 0 radical (unpaired) electrons. The molecule has 0 spiro atoms. The first-order valence-electron chi connectivity index (χ1n) is 9.30. The summed E-state index contributed by atoms with van der Waals surface area (Å²) in [7, 11) is 0. The summed E-state index contributed by atoms with van der Waals surface area (Å²) in [5, 5.41) is 4.92. The van der Waals surface area contributed by atoms with Crippen LogP contribution in [0.3, 0.4) is 0 Å². The highest BCUT2D eigenvalue weighted by Crippen LogP contribution is 2.36. The summed E-state index contributed by atoms with van der Waals surface area (Å²) in [6, 6.07) is 16.3. The number of aromatic nitrogens is 1. The van der Waals surface area contributed by atoms with Gasteiger partial charge in [-0.15, -0.1) is 11.3 Å². The van der Waals surface area contributed by atoms with Crippen molar-refractivity contribution >= 4 is 39.3 Å². The number of para-hydroxylation sites is 2. The number of anilines is 1. The molecule has 0 aliphatic heterocycles. The van der Waals surface area contributed by atoms with Crippen LogP contribution in [-0.2, 0) is 16.1 Å². The lowest BCUT2D eigenvalue weighted by Gasteiger charge is -2.09. The Morgan fingerprint density at radius 3 is 2.60 bits per heavy atom. The lowest BCUT2D eigenvalue weighted by atomic mass is 10.0. The Labute approximate surface area is 175 Å². The third-order valence-corrected chi connectivity index (χ3v) is 5.38. The highest BCUT2D eigenvalue weighted by molar-refractivity contribution is 7.15. The van der Waals surface area contributed by atoms with E-state index >= 15 is 0 Å². The number of rotatable bonds is 6. The van der Waals surface area contributed by atoms with E-state index in [1.54, 1.807) is 36.6 Å². The molecule has 0 aliphatic carbocycles. The summed E-state index contributed by atoms with van der Waals surface area (Å²) < 4.78 is 11.6. The third kappa shape index (κ3) is 3.77. The molecule has 2 aromatic heterocycles. The average Bonchev–Trinajstić information content (AvgIpc) is 3.30. The van der Waals surface area contributed by atoms with Gasteiger partial charge in [0.1, 0.15) is 17.1 Å². The van der Waals surface area contributed by atoms with Gasteiger partial charge < -0.3 is 14.5 Å². The molecule has 152 valence electrons. The summed E-state index contributed by atoms with van der Waals surface area (Å²) >= 11 is 1.23. The molecule has 0 bridgehead atoms. The Morgan fingerprint density at radius 1 is 1.10 bits per heavy atom. The molecule has 30 heavy (non-hydrogen) atoms. The normalized spacial score (nSPS) is 10.8. The number of hydrogen-bond acceptors (Lipinski definition) is 6. The standard InChI is InChI=1S/C22H18N2O5S/c1-2-28-21(26)19-15(14-8-4-3-5-9-14)13-30-20(19)23-18(25)12-24-16-10-6-7-11-17(16)29-22(24)27/h3-11,13H,2,12H2,1H3,(H,23,25). The fourth-order valence-electron chi connectivity index (χ4n) is 3.16. The van der Waals surface area contributed by atoms with Crippen molar-refractivity contribution in [3.8, 4) is 11.1 Å². The van der Waals surface area contributed by atoms with Crippen LogP contribution in [0.15, 0.2) is 69.2 Å². The Bertz CT molecular complexity index is 1270. The minimum Gasteiger partial charge on any atom is -0.462 e. The number of carbonyl (C=O) groups excluding carboxylic acids is 2. The van der Waals surface area contributed by atoms with Crippen molar-refractivity contribution in [2.75, 3.05) is 11.9 Å². The molecule has 0 atom stereocenters. The largest absolute Gasteiger partial charge is 0.462 e. The first kappa shape index (κ1) is 19.7. The van der Waals surface area contributed by atoms with E-state index in [4.69, 9.17) is 9.15 Å². The smallest absolute Gasteiger partial charge is 0.420 e. The van der Waals surface area contributed by atoms with Crippen LogP contribution in [0.4, 0.5) is 5.00 Å². The molecule has 0 saturated carbocycles. The van der Waals surface area contributed by atoms with E-state index in [0.29, 0.717) is 27.2 Å². The SMILES string of the molecule is CCOC(=O)c1c(-c2ccccc2)csc1NC(=O)Cn1c(=O)oc2ccccc21. The molecule has 2 heterocycles. The summed E-state index contributed by atoms with van der Waals surface area (Å²) in [5.74, 6) is -1.58. The van der Waals surface area contributed by atoms with Gasteiger partial charge in [-0.25, -0.2) is 9.59 Å². The molecule has 4 aromatic rings. The van der Waals surface area contributed by atoms with E-state index in [-0.39, 0.29) is 13.2 Å². The molecule has 7 nitrogen and oxygen atoms in total. The highest BCUT2D eigenvalue weighted by Gasteiger charge is 2.23. The highest BCUT2D eigenvalue weighted by atomic mass is 32.1. The van der Waals surface area contributed by atoms with Gasteiger partial charge in [0.25, 0.3) is 0 Å². The molecule has 0 unspecified atom stereocenters. The van der Waals surface area contributed by atoms with Gasteiger partial charge in [-0.2, -0.15) is 0 Å². The molecule has 0 saturated heterocycles. The van der Waals surface area contributed by atoms with E-state index < -0.39 is 17.6 Å². The van der Waals surface area contributed by atoms with Crippen LogP contribution in [0, 0.1) is 0 Å². The maximum Gasteiger partial charge on any atom is 0.420 e. The van der Waals surface area contributed by atoms with E-state index in [9.17, 15) is 14.4 Å². The minimum absolute atomic E-state index is 0.215. The number of amides is 1. The van der Waals surface area contributed by atoms with Gasteiger partial charge in [0.2, 0.25) is 5.91 Å². The van der Waals surface area contributed by atoms with E-state index in [2.05, 4.69) is 5.32 Å². The van der Waals surface area contributed by atoms with E-state index in [1.807, 2.05) is 30.3 Å². The Kier molecular flexibility index (Phi) is 5.49. The number of hydrogen-bond donors (Lipinski definition) is 1. The van der Waals surface area contributed by atoms with Gasteiger partial charge in [0.05, 0.1) is 12.1 Å². The second kappa shape index (κ2) is 8.38. The van der Waals surface area contributed by atoms with Gasteiger partial charge >= 0.3 is 11.7 Å². The first-order valence-corrected chi connectivity index (χ1v) is 10.2. The molecular formula is C22H18N2O5S. The topological polar surface area (TPSA) is 90.5 Å². The summed E-state index contributed by atoms with van der Waals surface area (Å²) in [5.41, 5.74) is 2.75. The second-order valence-electron chi connectivity index (χ2n) is 6.41. The van der Waals surface area contributed by atoms with Gasteiger partial charge in [-0.1, -0.05) is 42.5 Å². The Hall–Kier alpha value is -3.65. The molecule has 4 rings (SSSR count). The quantitative estimate of drug-likeness (QED) is 0.472. The maximum atomic E-state index is 12.7. The zero-order valence-corrected chi connectivity index (χ0v) is 16.9. The third-order valence-electron chi connectivity index (χ3n) is 4.48. The number of esters is 1. The first-order chi connectivity index (χ1) is 14.6. The average molecular weight is 422 g/mol. The molecule has 2 aromatic carbocycles. The summed E-state index contributed by atoms with van der Waals surface area (Å²) in [6.45, 7) is 1.70. The number of fused-ring (bicyclic) bond motifs is 1. The van der Waals surface area contributed by atoms with Crippen LogP contribution >= 0.6 is 11.3 Å². The van der Waals surface area contributed by atoms with Gasteiger partial charge in [-0.3, -0.25) is 9.36 Å². The van der Waals surface area contributed by atoms with Gasteiger partial charge in [0.15, 0.2) is 5.58 Å². The van der Waals surface area contributed by atoms with Crippen LogP contribution in [0.5, 0.6) is 0 Å². The lowest BCUT2D eigenvalue weighted by Crippen LogP contribution is -2.25. The van der Waals surface area contributed by atoms with E-state index in [1.165, 1.54) is 15.9 Å². The van der Waals surface area contributed by atoms with Crippen molar-refractivity contribution in [3.63, 3.8) is 0 Å². The predicted octanol–water partition coefficient (Wildman–Crippen LogP) is 4.14. The van der Waals surface area contributed by atoms with E-state index in [0.717, 1.165) is 5.56 Å². The fraction of sp³-hybridized carbons (Fsp3) is 0.136. The number of oxazole rings is 1. The number of nitrogens with one attached hydrogen (secondary N) is 1. The molecule has 8 heteroatoms. The molecule has 1 N–H and O–H groups in total. The van der Waals surface area contributed by atoms with Crippen molar-refractivity contribution in [1.82, 2.24) is 4.57 Å². The van der Waals surface area contributed by atoms with Crippen molar-refractivity contribution in [2.24, 2.45) is 0 Å². The summed E-state index contributed by atoms with van der Waals surface area (Å²) in [4.78, 5) is 37.4. The number of ether oxygens (including phenoxy) is 1. The minimum atomic E-state index is -0.617. The molecular weight excluding hydrogens is 404 g/mol. The zero-order valence-electron chi connectivity index (χ0n) is 16.1. The van der Waals surface area contributed by atoms with Gasteiger partial charge in [0, 0.05) is 10.9 Å². The molecule has 0 fully saturated rings. The fourth-order valence-corrected chi connectivity index (χ4v) is 4.13. The Balaban J connectivity index is 1.64. The predicted molar refractivity (Wildman–Crippen MR) is 115 cm³/mol. The monoisotopic (exact) mass is 422 g/mol. The van der Waals surface area contributed by atoms with Crippen molar-refractivity contribution in [2.45, 2.75) is 13.5 Å². The summed E-state index contributed by atoms with van der Waals surface area (Å²) in [6.07, 6.45) is 0. The van der Waals surface area contributed by atoms with Gasteiger partial charge in [-0.05, 0) is 24.6 Å². The van der Waals surface area contributed by atoms with Crippen molar-refractivity contribution < 1.29 is 18.7 Å². The number of thiophene rings is 1. The zero-order chi connectivity index (χ0) is 21.1. The van der Waals surface area contributed by atoms with Crippen LogP contribution in [0.2, 0.25) is 0 Å². The lowest BCUT2D eigenvalue weighted by molar-refractivity contribution is -0.116. The Morgan fingerprint density at radius 2 is 1.83 bits per heavy atom. The number of benzene rings is 2. The van der Waals surface area contributed by atoms with Crippen LogP contribution in [0.25, 0.3) is 22.2 Å².